The van der Waals surface area contributed by atoms with Gasteiger partial charge >= 0.3 is 14.8 Å². The Labute approximate surface area is 187 Å². The first-order valence-corrected chi connectivity index (χ1v) is 13.0. The molecule has 0 heterocycles. The number of unbranched alkanes of at least 4 members (excludes halogenated alkanes) is 3. The third kappa shape index (κ3) is 11.8. The lowest BCUT2D eigenvalue weighted by atomic mass is 10.2. The Morgan fingerprint density at radius 2 is 1.48 bits per heavy atom. The van der Waals surface area contributed by atoms with Gasteiger partial charge in [0.1, 0.15) is 0 Å². The van der Waals surface area contributed by atoms with E-state index in [0.29, 0.717) is 26.4 Å². The molecule has 0 spiro atoms. The van der Waals surface area contributed by atoms with Crippen molar-refractivity contribution < 1.29 is 27.6 Å². The van der Waals surface area contributed by atoms with E-state index in [9.17, 15) is 9.59 Å². The van der Waals surface area contributed by atoms with Crippen LogP contribution in [0.25, 0.3) is 6.08 Å². The highest BCUT2D eigenvalue weighted by atomic mass is 28.4. The highest BCUT2D eigenvalue weighted by Crippen LogP contribution is 2.20. The van der Waals surface area contributed by atoms with Crippen LogP contribution in [0.2, 0.25) is 6.04 Å². The minimum atomic E-state index is -2.55. The molecule has 0 unspecified atom stereocenters. The molecule has 0 saturated heterocycles. The minimum Gasteiger partial charge on any atom is -0.463 e. The monoisotopic (exact) mass is 451 g/mol. The average molecular weight is 452 g/mol. The van der Waals surface area contributed by atoms with Gasteiger partial charge in [-0.1, -0.05) is 25.0 Å². The molecule has 0 aliphatic carbocycles. The number of carbonyl (C=O) groups excluding carboxylic acids is 2. The van der Waals surface area contributed by atoms with E-state index in [1.807, 2.05) is 32.9 Å². The summed E-state index contributed by atoms with van der Waals surface area (Å²) in [4.78, 5) is 22.9. The van der Waals surface area contributed by atoms with Crippen molar-refractivity contribution in [1.82, 2.24) is 0 Å². The SMILES string of the molecule is CCO[Si](CCCCCCOC(=O)/C=C/c1ccc(NC(C)=O)cc1)(OCC)OCC. The van der Waals surface area contributed by atoms with Crippen LogP contribution in [0, 0.1) is 0 Å². The molecule has 1 aromatic carbocycles. The summed E-state index contributed by atoms with van der Waals surface area (Å²) in [6, 6.07) is 8.03. The molecule has 0 radical (unpaired) electrons. The van der Waals surface area contributed by atoms with Crippen molar-refractivity contribution >= 4 is 32.4 Å². The van der Waals surface area contributed by atoms with Crippen molar-refractivity contribution in [2.24, 2.45) is 0 Å². The van der Waals surface area contributed by atoms with Crippen molar-refractivity contribution in [2.75, 3.05) is 31.7 Å². The van der Waals surface area contributed by atoms with Crippen LogP contribution in [0.5, 0.6) is 0 Å². The fourth-order valence-electron chi connectivity index (χ4n) is 3.06. The Kier molecular flexibility index (Phi) is 13.7. The van der Waals surface area contributed by atoms with Gasteiger partial charge in [-0.3, -0.25) is 4.79 Å². The van der Waals surface area contributed by atoms with Gasteiger partial charge in [-0.05, 0) is 57.4 Å². The summed E-state index contributed by atoms with van der Waals surface area (Å²) in [5.74, 6) is -0.479. The van der Waals surface area contributed by atoms with E-state index in [1.54, 1.807) is 18.2 Å². The molecule has 1 rings (SSSR count). The molecule has 7 nitrogen and oxygen atoms in total. The van der Waals surface area contributed by atoms with Crippen LogP contribution in [-0.2, 0) is 27.6 Å². The zero-order valence-corrected chi connectivity index (χ0v) is 20.3. The maximum atomic E-state index is 11.9. The first kappa shape index (κ1) is 27.0. The molecular formula is C23H37NO6Si. The number of amides is 1. The van der Waals surface area contributed by atoms with Crippen LogP contribution in [0.15, 0.2) is 30.3 Å². The summed E-state index contributed by atoms with van der Waals surface area (Å²) >= 11 is 0. The molecule has 0 aliphatic rings. The van der Waals surface area contributed by atoms with Crippen LogP contribution < -0.4 is 5.32 Å². The molecular weight excluding hydrogens is 414 g/mol. The van der Waals surface area contributed by atoms with Gasteiger partial charge in [-0.25, -0.2) is 4.79 Å². The number of esters is 1. The first-order chi connectivity index (χ1) is 14.9. The molecule has 31 heavy (non-hydrogen) atoms. The molecule has 0 atom stereocenters. The van der Waals surface area contributed by atoms with Crippen LogP contribution in [0.1, 0.15) is 58.9 Å². The van der Waals surface area contributed by atoms with Crippen LogP contribution in [0.3, 0.4) is 0 Å². The maximum absolute atomic E-state index is 11.9. The molecule has 0 fully saturated rings. The predicted molar refractivity (Wildman–Crippen MR) is 125 cm³/mol. The van der Waals surface area contributed by atoms with E-state index in [1.165, 1.54) is 13.0 Å². The van der Waals surface area contributed by atoms with E-state index in [2.05, 4.69) is 5.32 Å². The van der Waals surface area contributed by atoms with Crippen molar-refractivity contribution in [3.63, 3.8) is 0 Å². The van der Waals surface area contributed by atoms with Crippen molar-refractivity contribution in [3.8, 4) is 0 Å². The molecule has 0 aromatic heterocycles. The fraction of sp³-hybridized carbons (Fsp3) is 0.565. The Morgan fingerprint density at radius 1 is 0.903 bits per heavy atom. The maximum Gasteiger partial charge on any atom is 0.500 e. The molecule has 0 bridgehead atoms. The van der Waals surface area contributed by atoms with Gasteiger partial charge in [0.25, 0.3) is 0 Å². The summed E-state index contributed by atoms with van der Waals surface area (Å²) in [5.41, 5.74) is 1.58. The number of anilines is 1. The molecule has 1 aromatic rings. The summed E-state index contributed by atoms with van der Waals surface area (Å²) in [6.45, 7) is 9.52. The Morgan fingerprint density at radius 3 is 2.03 bits per heavy atom. The zero-order valence-electron chi connectivity index (χ0n) is 19.3. The van der Waals surface area contributed by atoms with Crippen LogP contribution in [-0.4, -0.2) is 47.1 Å². The van der Waals surface area contributed by atoms with E-state index < -0.39 is 8.80 Å². The van der Waals surface area contributed by atoms with Gasteiger partial charge in [0.05, 0.1) is 6.61 Å². The van der Waals surface area contributed by atoms with Crippen LogP contribution in [0.4, 0.5) is 5.69 Å². The largest absolute Gasteiger partial charge is 0.500 e. The van der Waals surface area contributed by atoms with Crippen LogP contribution >= 0.6 is 0 Å². The van der Waals surface area contributed by atoms with Crippen molar-refractivity contribution in [2.45, 2.75) is 59.4 Å². The molecule has 174 valence electrons. The number of nitrogens with one attached hydrogen (secondary N) is 1. The lowest BCUT2D eigenvalue weighted by Crippen LogP contribution is -2.45. The van der Waals surface area contributed by atoms with Gasteiger partial charge in [-0.2, -0.15) is 0 Å². The van der Waals surface area contributed by atoms with Gasteiger partial charge in [-0.15, -0.1) is 0 Å². The summed E-state index contributed by atoms with van der Waals surface area (Å²) in [7, 11) is -2.55. The van der Waals surface area contributed by atoms with E-state index in [-0.39, 0.29) is 11.9 Å². The topological polar surface area (TPSA) is 83.1 Å². The third-order valence-corrected chi connectivity index (χ3v) is 7.51. The Hall–Kier alpha value is -2.00. The lowest BCUT2D eigenvalue weighted by Gasteiger charge is -2.28. The number of hydrogen-bond donors (Lipinski definition) is 1. The average Bonchev–Trinajstić information content (AvgIpc) is 2.73. The third-order valence-electron chi connectivity index (χ3n) is 4.36. The normalized spacial score (nSPS) is 11.6. The van der Waals surface area contributed by atoms with Gasteiger partial charge in [0, 0.05) is 44.6 Å². The number of benzene rings is 1. The number of ether oxygens (including phenoxy) is 1. The lowest BCUT2D eigenvalue weighted by molar-refractivity contribution is -0.137. The fourth-order valence-corrected chi connectivity index (χ4v) is 5.75. The van der Waals surface area contributed by atoms with E-state index in [0.717, 1.165) is 43.0 Å². The van der Waals surface area contributed by atoms with E-state index >= 15 is 0 Å². The second kappa shape index (κ2) is 15.7. The Bertz CT molecular complexity index is 660. The molecule has 1 amide bonds. The smallest absolute Gasteiger partial charge is 0.463 e. The highest BCUT2D eigenvalue weighted by molar-refractivity contribution is 6.60. The zero-order chi connectivity index (χ0) is 23.0. The second-order valence-electron chi connectivity index (χ2n) is 6.95. The molecule has 1 N–H and O–H groups in total. The van der Waals surface area contributed by atoms with Crippen molar-refractivity contribution in [1.29, 1.82) is 0 Å². The number of rotatable bonds is 16. The Balaban J connectivity index is 2.25. The first-order valence-electron chi connectivity index (χ1n) is 11.1. The minimum absolute atomic E-state index is 0.119. The van der Waals surface area contributed by atoms with Gasteiger partial charge in [0.2, 0.25) is 5.91 Å². The molecule has 8 heteroatoms. The summed E-state index contributed by atoms with van der Waals surface area (Å²) < 4.78 is 22.8. The molecule has 0 aliphatic heterocycles. The number of hydrogen-bond acceptors (Lipinski definition) is 6. The van der Waals surface area contributed by atoms with Crippen molar-refractivity contribution in [3.05, 3.63) is 35.9 Å². The highest BCUT2D eigenvalue weighted by Gasteiger charge is 2.39. The standard InChI is InChI=1S/C23H37NO6Si/c1-5-28-31(29-6-2,30-7-3)19-11-9-8-10-18-27-23(26)17-14-21-12-15-22(16-13-21)24-20(4)25/h12-17H,5-11,18-19H2,1-4H3,(H,24,25)/b17-14+. The van der Waals surface area contributed by atoms with Gasteiger partial charge in [0.15, 0.2) is 0 Å². The predicted octanol–water partition coefficient (Wildman–Crippen LogP) is 4.81. The second-order valence-corrected chi connectivity index (χ2v) is 9.68. The quantitative estimate of drug-likeness (QED) is 0.168. The summed E-state index contributed by atoms with van der Waals surface area (Å²) in [5, 5.41) is 2.70. The molecule has 0 saturated carbocycles. The van der Waals surface area contributed by atoms with Gasteiger partial charge < -0.3 is 23.3 Å². The summed E-state index contributed by atoms with van der Waals surface area (Å²) in [6.07, 6.45) is 6.87. The van der Waals surface area contributed by atoms with E-state index in [4.69, 9.17) is 18.0 Å². The number of carbonyl (C=O) groups is 2.